The molecule has 1 nitrogen and oxygen atoms in total. The lowest BCUT2D eigenvalue weighted by Crippen LogP contribution is -2.12. The average molecular weight is 311 g/mol. The van der Waals surface area contributed by atoms with Gasteiger partial charge in [0.1, 0.15) is 11.9 Å². The lowest BCUT2D eigenvalue weighted by Gasteiger charge is -2.17. The van der Waals surface area contributed by atoms with Gasteiger partial charge in [0.25, 0.3) is 0 Å². The molecule has 2 rings (SSSR count). The van der Waals surface area contributed by atoms with Gasteiger partial charge in [-0.1, -0.05) is 11.6 Å². The Morgan fingerprint density at radius 2 is 1.89 bits per heavy atom. The van der Waals surface area contributed by atoms with E-state index in [1.807, 2.05) is 0 Å². The van der Waals surface area contributed by atoms with Crippen molar-refractivity contribution < 1.29 is 22.7 Å². The molecule has 0 bridgehead atoms. The summed E-state index contributed by atoms with van der Waals surface area (Å²) in [4.78, 5) is 0.151. The molecular formula is C12H7ClF4OS. The van der Waals surface area contributed by atoms with Crippen LogP contribution in [0.1, 0.15) is 22.1 Å². The highest BCUT2D eigenvalue weighted by molar-refractivity contribution is 7.10. The minimum Gasteiger partial charge on any atom is -0.383 e. The number of thiophene rings is 1. The largest absolute Gasteiger partial charge is 0.416 e. The number of aliphatic hydroxyl groups is 1. The van der Waals surface area contributed by atoms with Gasteiger partial charge in [-0.3, -0.25) is 0 Å². The standard InChI is InChI=1S/C12H7ClF4OS/c13-9-3-4-19-11(9)10(18)7-5-6(14)1-2-8(7)12(15,16)17/h1-5,10,18H. The molecule has 1 aromatic heterocycles. The maximum Gasteiger partial charge on any atom is 0.416 e. The molecule has 0 fully saturated rings. The van der Waals surface area contributed by atoms with E-state index in [0.717, 1.165) is 11.3 Å². The maximum atomic E-state index is 13.1. The van der Waals surface area contributed by atoms with E-state index in [2.05, 4.69) is 0 Å². The zero-order chi connectivity index (χ0) is 14.2. The second-order valence-electron chi connectivity index (χ2n) is 3.76. The summed E-state index contributed by atoms with van der Waals surface area (Å²) in [5, 5.41) is 11.7. The molecule has 1 heterocycles. The van der Waals surface area contributed by atoms with Crippen LogP contribution in [-0.2, 0) is 6.18 Å². The van der Waals surface area contributed by atoms with E-state index in [1.54, 1.807) is 0 Å². The third-order valence-corrected chi connectivity index (χ3v) is 3.92. The van der Waals surface area contributed by atoms with Crippen LogP contribution in [-0.4, -0.2) is 5.11 Å². The van der Waals surface area contributed by atoms with Crippen LogP contribution in [0.4, 0.5) is 17.6 Å². The van der Waals surface area contributed by atoms with Gasteiger partial charge in [0.2, 0.25) is 0 Å². The van der Waals surface area contributed by atoms with Crippen LogP contribution >= 0.6 is 22.9 Å². The molecule has 102 valence electrons. The van der Waals surface area contributed by atoms with E-state index < -0.39 is 29.2 Å². The van der Waals surface area contributed by atoms with Gasteiger partial charge in [-0.05, 0) is 29.6 Å². The van der Waals surface area contributed by atoms with Crippen LogP contribution < -0.4 is 0 Å². The van der Waals surface area contributed by atoms with E-state index in [1.165, 1.54) is 11.4 Å². The van der Waals surface area contributed by atoms with Crippen molar-refractivity contribution in [1.82, 2.24) is 0 Å². The molecule has 0 saturated carbocycles. The topological polar surface area (TPSA) is 20.2 Å². The maximum absolute atomic E-state index is 13.1. The van der Waals surface area contributed by atoms with E-state index >= 15 is 0 Å². The van der Waals surface area contributed by atoms with Crippen LogP contribution in [0.2, 0.25) is 5.02 Å². The highest BCUT2D eigenvalue weighted by Crippen LogP contribution is 2.39. The molecule has 0 saturated heterocycles. The SMILES string of the molecule is OC(c1cc(F)ccc1C(F)(F)F)c1sccc1Cl. The number of hydrogen-bond acceptors (Lipinski definition) is 2. The summed E-state index contributed by atoms with van der Waals surface area (Å²) in [5.41, 5.74) is -1.62. The lowest BCUT2D eigenvalue weighted by molar-refractivity contribution is -0.139. The summed E-state index contributed by atoms with van der Waals surface area (Å²) in [6.45, 7) is 0. The van der Waals surface area contributed by atoms with Gasteiger partial charge < -0.3 is 5.11 Å². The Hall–Kier alpha value is -1.11. The molecule has 0 radical (unpaired) electrons. The molecule has 7 heteroatoms. The molecule has 1 unspecified atom stereocenters. The van der Waals surface area contributed by atoms with E-state index in [0.29, 0.717) is 18.2 Å². The molecule has 19 heavy (non-hydrogen) atoms. The lowest BCUT2D eigenvalue weighted by atomic mass is 10.0. The van der Waals surface area contributed by atoms with Crippen LogP contribution in [0.25, 0.3) is 0 Å². The Morgan fingerprint density at radius 1 is 1.21 bits per heavy atom. The van der Waals surface area contributed by atoms with E-state index in [4.69, 9.17) is 11.6 Å². The molecule has 1 N–H and O–H groups in total. The molecular weight excluding hydrogens is 304 g/mol. The number of aliphatic hydroxyl groups excluding tert-OH is 1. The summed E-state index contributed by atoms with van der Waals surface area (Å²) in [6, 6.07) is 3.44. The first kappa shape index (κ1) is 14.3. The van der Waals surface area contributed by atoms with Gasteiger partial charge in [-0.2, -0.15) is 13.2 Å². The number of rotatable bonds is 2. The summed E-state index contributed by atoms with van der Waals surface area (Å²) < 4.78 is 51.6. The second-order valence-corrected chi connectivity index (χ2v) is 5.12. The molecule has 2 aromatic rings. The normalized spacial score (nSPS) is 13.6. The predicted octanol–water partition coefficient (Wildman–Crippen LogP) is 4.64. The fourth-order valence-electron chi connectivity index (χ4n) is 1.66. The van der Waals surface area contributed by atoms with Crippen molar-refractivity contribution in [3.63, 3.8) is 0 Å². The van der Waals surface area contributed by atoms with Gasteiger partial charge >= 0.3 is 6.18 Å². The van der Waals surface area contributed by atoms with E-state index in [9.17, 15) is 22.7 Å². The van der Waals surface area contributed by atoms with Crippen molar-refractivity contribution >= 4 is 22.9 Å². The van der Waals surface area contributed by atoms with Crippen LogP contribution in [0.5, 0.6) is 0 Å². The highest BCUT2D eigenvalue weighted by atomic mass is 35.5. The molecule has 0 amide bonds. The van der Waals surface area contributed by atoms with Gasteiger partial charge in [-0.15, -0.1) is 11.3 Å². The van der Waals surface area contributed by atoms with Gasteiger partial charge in [0.15, 0.2) is 0 Å². The second kappa shape index (κ2) is 5.11. The minimum atomic E-state index is -4.67. The first-order valence-electron chi connectivity index (χ1n) is 5.08. The third kappa shape index (κ3) is 2.91. The first-order valence-corrected chi connectivity index (χ1v) is 6.34. The molecule has 0 spiro atoms. The average Bonchev–Trinajstić information content (AvgIpc) is 2.72. The van der Waals surface area contributed by atoms with Crippen LogP contribution in [0, 0.1) is 5.82 Å². The minimum absolute atomic E-state index is 0.148. The third-order valence-electron chi connectivity index (χ3n) is 2.51. The Bertz CT molecular complexity index is 594. The van der Waals surface area contributed by atoms with Crippen molar-refractivity contribution in [2.45, 2.75) is 12.3 Å². The molecule has 0 aliphatic heterocycles. The van der Waals surface area contributed by atoms with Crippen molar-refractivity contribution in [3.8, 4) is 0 Å². The Balaban J connectivity index is 2.55. The first-order chi connectivity index (χ1) is 8.80. The monoisotopic (exact) mass is 310 g/mol. The van der Waals surface area contributed by atoms with Crippen LogP contribution in [0.3, 0.4) is 0 Å². The summed E-state index contributed by atoms with van der Waals surface area (Å²) in [5.74, 6) is -0.852. The Kier molecular flexibility index (Phi) is 3.85. The van der Waals surface area contributed by atoms with E-state index in [-0.39, 0.29) is 9.90 Å². The van der Waals surface area contributed by atoms with Gasteiger partial charge in [0.05, 0.1) is 15.5 Å². The quantitative estimate of drug-likeness (QED) is 0.801. The van der Waals surface area contributed by atoms with Crippen LogP contribution in [0.15, 0.2) is 29.6 Å². The summed E-state index contributed by atoms with van der Waals surface area (Å²) >= 11 is 6.77. The van der Waals surface area contributed by atoms with Crippen molar-refractivity contribution in [3.05, 3.63) is 56.5 Å². The molecule has 0 aliphatic rings. The Labute approximate surface area is 115 Å². The zero-order valence-corrected chi connectivity index (χ0v) is 10.8. The molecule has 0 aliphatic carbocycles. The smallest absolute Gasteiger partial charge is 0.383 e. The van der Waals surface area contributed by atoms with Gasteiger partial charge in [-0.25, -0.2) is 4.39 Å². The van der Waals surface area contributed by atoms with Gasteiger partial charge in [0, 0.05) is 5.56 Å². The summed E-state index contributed by atoms with van der Waals surface area (Å²) in [6.07, 6.45) is -6.28. The number of alkyl halides is 3. The van der Waals surface area contributed by atoms with Crippen molar-refractivity contribution in [2.24, 2.45) is 0 Å². The fourth-order valence-corrected chi connectivity index (χ4v) is 2.82. The number of halogens is 5. The highest BCUT2D eigenvalue weighted by Gasteiger charge is 2.36. The van der Waals surface area contributed by atoms with Crippen molar-refractivity contribution in [1.29, 1.82) is 0 Å². The predicted molar refractivity (Wildman–Crippen MR) is 64.8 cm³/mol. The zero-order valence-electron chi connectivity index (χ0n) is 9.21. The fraction of sp³-hybridized carbons (Fsp3) is 0.167. The number of benzene rings is 1. The summed E-state index contributed by atoms with van der Waals surface area (Å²) in [7, 11) is 0. The number of hydrogen-bond donors (Lipinski definition) is 1. The van der Waals surface area contributed by atoms with Crippen molar-refractivity contribution in [2.75, 3.05) is 0 Å². The Morgan fingerprint density at radius 3 is 2.42 bits per heavy atom. The molecule has 1 aromatic carbocycles. The molecule has 1 atom stereocenters.